The summed E-state index contributed by atoms with van der Waals surface area (Å²) in [5, 5.41) is 4.19. The molecule has 0 spiro atoms. The SMILES string of the molecule is Cc1nc2ccnn2c(-c2cc(CN)cc(C(F)(F)F)c2)c1C. The van der Waals surface area contributed by atoms with Crippen LogP contribution < -0.4 is 5.73 Å². The second kappa shape index (κ2) is 5.34. The molecular weight excluding hydrogens is 305 g/mol. The Balaban J connectivity index is 2.35. The molecule has 23 heavy (non-hydrogen) atoms. The summed E-state index contributed by atoms with van der Waals surface area (Å²) in [6.45, 7) is 3.67. The van der Waals surface area contributed by atoms with Gasteiger partial charge >= 0.3 is 6.18 Å². The molecule has 0 aliphatic rings. The van der Waals surface area contributed by atoms with E-state index in [4.69, 9.17) is 5.73 Å². The quantitative estimate of drug-likeness (QED) is 0.786. The summed E-state index contributed by atoms with van der Waals surface area (Å²) in [5.74, 6) is 0. The first-order valence-electron chi connectivity index (χ1n) is 7.04. The molecule has 0 atom stereocenters. The van der Waals surface area contributed by atoms with Crippen molar-refractivity contribution in [2.45, 2.75) is 26.6 Å². The fourth-order valence-corrected chi connectivity index (χ4v) is 2.59. The zero-order valence-electron chi connectivity index (χ0n) is 12.6. The predicted octanol–water partition coefficient (Wildman–Crippen LogP) is 3.49. The van der Waals surface area contributed by atoms with Crippen molar-refractivity contribution in [2.24, 2.45) is 5.73 Å². The van der Waals surface area contributed by atoms with E-state index in [1.807, 2.05) is 13.8 Å². The van der Waals surface area contributed by atoms with Crippen LogP contribution in [0, 0.1) is 13.8 Å². The van der Waals surface area contributed by atoms with E-state index in [9.17, 15) is 13.2 Å². The molecular formula is C16H15F3N4. The molecule has 0 amide bonds. The molecule has 120 valence electrons. The molecule has 2 aromatic heterocycles. The Hall–Kier alpha value is -2.41. The summed E-state index contributed by atoms with van der Waals surface area (Å²) >= 11 is 0. The molecule has 2 heterocycles. The van der Waals surface area contributed by atoms with Gasteiger partial charge in [0.05, 0.1) is 17.5 Å². The van der Waals surface area contributed by atoms with Crippen LogP contribution in [0.2, 0.25) is 0 Å². The van der Waals surface area contributed by atoms with Gasteiger partial charge in [-0.2, -0.15) is 18.3 Å². The van der Waals surface area contributed by atoms with Crippen LogP contribution in [0.4, 0.5) is 13.2 Å². The summed E-state index contributed by atoms with van der Waals surface area (Å²) in [4.78, 5) is 4.39. The monoisotopic (exact) mass is 320 g/mol. The molecule has 0 unspecified atom stereocenters. The summed E-state index contributed by atoms with van der Waals surface area (Å²) in [5.41, 5.74) is 8.42. The van der Waals surface area contributed by atoms with Gasteiger partial charge in [0.15, 0.2) is 5.65 Å². The first-order chi connectivity index (χ1) is 10.8. The fraction of sp³-hybridized carbons (Fsp3) is 0.250. The number of nitrogens with zero attached hydrogens (tertiary/aromatic N) is 3. The number of hydrogen-bond acceptors (Lipinski definition) is 3. The molecule has 0 aliphatic heterocycles. The maximum atomic E-state index is 13.2. The summed E-state index contributed by atoms with van der Waals surface area (Å²) < 4.78 is 41.0. The van der Waals surface area contributed by atoms with Crippen LogP contribution in [0.3, 0.4) is 0 Å². The number of fused-ring (bicyclic) bond motifs is 1. The van der Waals surface area contributed by atoms with Gasteiger partial charge in [0.25, 0.3) is 0 Å². The Morgan fingerprint density at radius 2 is 1.91 bits per heavy atom. The summed E-state index contributed by atoms with van der Waals surface area (Å²) in [6.07, 6.45) is -2.86. The Bertz CT molecular complexity index is 881. The van der Waals surface area contributed by atoms with Gasteiger partial charge in [-0.25, -0.2) is 9.50 Å². The minimum absolute atomic E-state index is 0.0300. The maximum absolute atomic E-state index is 13.2. The molecule has 3 aromatic rings. The molecule has 1 aromatic carbocycles. The average Bonchev–Trinajstić information content (AvgIpc) is 2.94. The van der Waals surface area contributed by atoms with Crippen molar-refractivity contribution in [1.29, 1.82) is 0 Å². The van der Waals surface area contributed by atoms with Gasteiger partial charge in [0.2, 0.25) is 0 Å². The minimum Gasteiger partial charge on any atom is -0.326 e. The number of halogens is 3. The number of aromatic nitrogens is 3. The highest BCUT2D eigenvalue weighted by Gasteiger charge is 2.31. The smallest absolute Gasteiger partial charge is 0.326 e. The molecule has 0 radical (unpaired) electrons. The Labute approximate surface area is 130 Å². The molecule has 4 nitrogen and oxygen atoms in total. The van der Waals surface area contributed by atoms with E-state index in [-0.39, 0.29) is 6.54 Å². The topological polar surface area (TPSA) is 56.2 Å². The van der Waals surface area contributed by atoms with E-state index >= 15 is 0 Å². The van der Waals surface area contributed by atoms with Crippen LogP contribution in [0.25, 0.3) is 16.9 Å². The predicted molar refractivity (Wildman–Crippen MR) is 80.8 cm³/mol. The van der Waals surface area contributed by atoms with Gasteiger partial charge in [-0.3, -0.25) is 0 Å². The molecule has 0 bridgehead atoms. The Morgan fingerprint density at radius 1 is 1.17 bits per heavy atom. The van der Waals surface area contributed by atoms with Crippen molar-refractivity contribution in [3.05, 3.63) is 52.8 Å². The lowest BCUT2D eigenvalue weighted by Crippen LogP contribution is -2.09. The second-order valence-corrected chi connectivity index (χ2v) is 5.39. The number of rotatable bonds is 2. The van der Waals surface area contributed by atoms with Crippen LogP contribution in [-0.4, -0.2) is 14.6 Å². The lowest BCUT2D eigenvalue weighted by Gasteiger charge is -2.15. The third-order valence-corrected chi connectivity index (χ3v) is 3.84. The maximum Gasteiger partial charge on any atom is 0.416 e. The lowest BCUT2D eigenvalue weighted by atomic mass is 9.99. The fourth-order valence-electron chi connectivity index (χ4n) is 2.59. The first kappa shape index (κ1) is 15.5. The van der Waals surface area contributed by atoms with Crippen LogP contribution in [0.15, 0.2) is 30.5 Å². The number of alkyl halides is 3. The van der Waals surface area contributed by atoms with Crippen molar-refractivity contribution < 1.29 is 13.2 Å². The van der Waals surface area contributed by atoms with E-state index in [1.54, 1.807) is 22.8 Å². The minimum atomic E-state index is -4.43. The number of benzene rings is 1. The van der Waals surface area contributed by atoms with Crippen molar-refractivity contribution in [3.8, 4) is 11.3 Å². The van der Waals surface area contributed by atoms with Gasteiger partial charge < -0.3 is 5.73 Å². The van der Waals surface area contributed by atoms with Crippen LogP contribution >= 0.6 is 0 Å². The molecule has 3 rings (SSSR count). The number of hydrogen-bond donors (Lipinski definition) is 1. The Morgan fingerprint density at radius 3 is 2.57 bits per heavy atom. The van der Waals surface area contributed by atoms with Crippen molar-refractivity contribution in [2.75, 3.05) is 0 Å². The van der Waals surface area contributed by atoms with Gasteiger partial charge in [0.1, 0.15) is 0 Å². The van der Waals surface area contributed by atoms with Crippen LogP contribution in [0.1, 0.15) is 22.4 Å². The molecule has 0 saturated carbocycles. The number of aryl methyl sites for hydroxylation is 1. The van der Waals surface area contributed by atoms with E-state index in [1.165, 1.54) is 0 Å². The molecule has 0 aliphatic carbocycles. The first-order valence-corrected chi connectivity index (χ1v) is 7.04. The summed E-state index contributed by atoms with van der Waals surface area (Å²) in [6, 6.07) is 5.58. The highest BCUT2D eigenvalue weighted by molar-refractivity contribution is 5.68. The van der Waals surface area contributed by atoms with Gasteiger partial charge in [0, 0.05) is 23.9 Å². The highest BCUT2D eigenvalue weighted by atomic mass is 19.4. The zero-order valence-corrected chi connectivity index (χ0v) is 12.6. The third-order valence-electron chi connectivity index (χ3n) is 3.84. The number of nitrogens with two attached hydrogens (primary N) is 1. The van der Waals surface area contributed by atoms with Gasteiger partial charge in [-0.1, -0.05) is 0 Å². The van der Waals surface area contributed by atoms with Gasteiger partial charge in [-0.05, 0) is 43.2 Å². The molecule has 7 heteroatoms. The largest absolute Gasteiger partial charge is 0.416 e. The van der Waals surface area contributed by atoms with Gasteiger partial charge in [-0.15, -0.1) is 0 Å². The van der Waals surface area contributed by atoms with Crippen molar-refractivity contribution in [3.63, 3.8) is 0 Å². The van der Waals surface area contributed by atoms with Crippen LogP contribution in [-0.2, 0) is 12.7 Å². The standard InChI is InChI=1S/C16H15F3N4/c1-9-10(2)22-14-3-4-21-23(14)15(9)12-5-11(8-20)6-13(7-12)16(17,18)19/h3-7H,8,20H2,1-2H3. The third kappa shape index (κ3) is 2.68. The Kier molecular flexibility index (Phi) is 3.60. The highest BCUT2D eigenvalue weighted by Crippen LogP contribution is 2.34. The average molecular weight is 320 g/mol. The van der Waals surface area contributed by atoms with E-state index in [2.05, 4.69) is 10.1 Å². The van der Waals surface area contributed by atoms with E-state index < -0.39 is 11.7 Å². The van der Waals surface area contributed by atoms with Crippen molar-refractivity contribution >= 4 is 5.65 Å². The molecule has 2 N–H and O–H groups in total. The van der Waals surface area contributed by atoms with E-state index in [0.717, 1.165) is 23.4 Å². The molecule has 0 fully saturated rings. The van der Waals surface area contributed by atoms with Crippen LogP contribution in [0.5, 0.6) is 0 Å². The van der Waals surface area contributed by atoms with E-state index in [0.29, 0.717) is 22.5 Å². The zero-order chi connectivity index (χ0) is 16.8. The normalized spacial score (nSPS) is 12.1. The molecule has 0 saturated heterocycles. The van der Waals surface area contributed by atoms with Crippen molar-refractivity contribution in [1.82, 2.24) is 14.6 Å². The second-order valence-electron chi connectivity index (χ2n) is 5.39. The summed E-state index contributed by atoms with van der Waals surface area (Å²) in [7, 11) is 0. The lowest BCUT2D eigenvalue weighted by molar-refractivity contribution is -0.137.